The van der Waals surface area contributed by atoms with E-state index in [1.54, 1.807) is 0 Å². The van der Waals surface area contributed by atoms with Crippen molar-refractivity contribution in [1.29, 1.82) is 0 Å². The molecule has 0 radical (unpaired) electrons. The Kier molecular flexibility index (Phi) is 3.76. The first-order valence-corrected chi connectivity index (χ1v) is 4.22. The molecule has 0 bridgehead atoms. The fourth-order valence-electron chi connectivity index (χ4n) is 1.17. The molecule has 1 aliphatic heterocycles. The highest BCUT2D eigenvalue weighted by atomic mass is 16.5. The molecule has 0 spiro atoms. The Morgan fingerprint density at radius 1 is 1.50 bits per heavy atom. The number of hydrogen-bond donors (Lipinski definition) is 1. The Bertz CT molecular complexity index is 81.3. The predicted octanol–water partition coefficient (Wildman–Crippen LogP) is 1.02. The molecule has 1 saturated heterocycles. The molecule has 0 aromatic rings. The van der Waals surface area contributed by atoms with Crippen molar-refractivity contribution in [3.8, 4) is 0 Å². The van der Waals surface area contributed by atoms with Crippen molar-refractivity contribution >= 4 is 0 Å². The van der Waals surface area contributed by atoms with Gasteiger partial charge in [0.1, 0.15) is 0 Å². The first-order valence-electron chi connectivity index (χ1n) is 4.22. The minimum atomic E-state index is 0.864. The maximum atomic E-state index is 5.23. The van der Waals surface area contributed by atoms with Gasteiger partial charge >= 0.3 is 0 Å². The van der Waals surface area contributed by atoms with E-state index in [1.807, 2.05) is 6.92 Å². The fourth-order valence-corrected chi connectivity index (χ4v) is 1.17. The topological polar surface area (TPSA) is 21.3 Å². The summed E-state index contributed by atoms with van der Waals surface area (Å²) < 4.78 is 5.23. The summed E-state index contributed by atoms with van der Waals surface area (Å²) in [7, 11) is 0. The minimum Gasteiger partial charge on any atom is -0.382 e. The molecular formula is C8H17NO. The monoisotopic (exact) mass is 143 g/mol. The molecule has 2 heteroatoms. The first-order chi connectivity index (χ1) is 4.93. The predicted molar refractivity (Wildman–Crippen MR) is 42.1 cm³/mol. The zero-order chi connectivity index (χ0) is 7.23. The van der Waals surface area contributed by atoms with Crippen LogP contribution >= 0.6 is 0 Å². The largest absolute Gasteiger partial charge is 0.382 e. The highest BCUT2D eigenvalue weighted by molar-refractivity contribution is 4.73. The van der Waals surface area contributed by atoms with Crippen LogP contribution in [0.3, 0.4) is 0 Å². The number of nitrogens with one attached hydrogen (secondary N) is 1. The van der Waals surface area contributed by atoms with Gasteiger partial charge in [-0.15, -0.1) is 0 Å². The number of rotatable bonds is 5. The lowest BCUT2D eigenvalue weighted by Crippen LogP contribution is -2.41. The van der Waals surface area contributed by atoms with Crippen LogP contribution in [0.4, 0.5) is 0 Å². The van der Waals surface area contributed by atoms with Crippen LogP contribution in [-0.4, -0.2) is 26.3 Å². The van der Waals surface area contributed by atoms with Gasteiger partial charge in [0.15, 0.2) is 0 Å². The van der Waals surface area contributed by atoms with Crippen molar-refractivity contribution in [2.45, 2.75) is 19.8 Å². The summed E-state index contributed by atoms with van der Waals surface area (Å²) in [5, 5.41) is 3.26. The van der Waals surface area contributed by atoms with Gasteiger partial charge in [-0.2, -0.15) is 0 Å². The van der Waals surface area contributed by atoms with Gasteiger partial charge in [-0.25, -0.2) is 0 Å². The second-order valence-electron chi connectivity index (χ2n) is 2.86. The quantitative estimate of drug-likeness (QED) is 0.580. The zero-order valence-electron chi connectivity index (χ0n) is 6.73. The molecule has 0 saturated carbocycles. The van der Waals surface area contributed by atoms with E-state index >= 15 is 0 Å². The van der Waals surface area contributed by atoms with Crippen LogP contribution < -0.4 is 5.32 Å². The molecule has 1 heterocycles. The fraction of sp³-hybridized carbons (Fsp3) is 1.00. The van der Waals surface area contributed by atoms with Crippen LogP contribution in [0.2, 0.25) is 0 Å². The molecule has 0 aromatic heterocycles. The summed E-state index contributed by atoms with van der Waals surface area (Å²) in [4.78, 5) is 0. The van der Waals surface area contributed by atoms with Crippen molar-refractivity contribution in [2.24, 2.45) is 5.92 Å². The highest BCUT2D eigenvalue weighted by Gasteiger charge is 2.14. The molecular weight excluding hydrogens is 126 g/mol. The standard InChI is InChI=1S/C8H17NO/c1-2-10-5-3-4-8-6-9-7-8/h8-9H,2-7H2,1H3. The molecule has 0 aliphatic carbocycles. The van der Waals surface area contributed by atoms with Gasteiger partial charge in [0, 0.05) is 13.2 Å². The second kappa shape index (κ2) is 4.69. The Hall–Kier alpha value is -0.0800. The van der Waals surface area contributed by atoms with E-state index in [1.165, 1.54) is 25.9 Å². The van der Waals surface area contributed by atoms with Crippen LogP contribution in [0.5, 0.6) is 0 Å². The molecule has 10 heavy (non-hydrogen) atoms. The van der Waals surface area contributed by atoms with Gasteiger partial charge in [-0.3, -0.25) is 0 Å². The maximum Gasteiger partial charge on any atom is 0.0466 e. The zero-order valence-corrected chi connectivity index (χ0v) is 6.73. The summed E-state index contributed by atoms with van der Waals surface area (Å²) in [6.45, 7) is 6.32. The van der Waals surface area contributed by atoms with E-state index in [0.717, 1.165) is 19.1 Å². The van der Waals surface area contributed by atoms with Crippen molar-refractivity contribution in [3.63, 3.8) is 0 Å². The van der Waals surface area contributed by atoms with Gasteiger partial charge < -0.3 is 10.1 Å². The Labute approximate surface area is 63.0 Å². The lowest BCUT2D eigenvalue weighted by atomic mass is 9.98. The van der Waals surface area contributed by atoms with E-state index in [9.17, 15) is 0 Å². The molecule has 60 valence electrons. The number of hydrogen-bond acceptors (Lipinski definition) is 2. The van der Waals surface area contributed by atoms with E-state index in [4.69, 9.17) is 4.74 Å². The molecule has 2 nitrogen and oxygen atoms in total. The second-order valence-corrected chi connectivity index (χ2v) is 2.86. The molecule has 1 rings (SSSR count). The first kappa shape index (κ1) is 8.02. The Balaban J connectivity index is 1.76. The maximum absolute atomic E-state index is 5.23. The van der Waals surface area contributed by atoms with Crippen LogP contribution in [0.15, 0.2) is 0 Å². The normalized spacial score (nSPS) is 18.9. The molecule has 0 atom stereocenters. The van der Waals surface area contributed by atoms with Crippen LogP contribution in [-0.2, 0) is 4.74 Å². The molecule has 1 N–H and O–H groups in total. The van der Waals surface area contributed by atoms with E-state index < -0.39 is 0 Å². The third-order valence-corrected chi connectivity index (χ3v) is 1.97. The highest BCUT2D eigenvalue weighted by Crippen LogP contribution is 2.10. The Morgan fingerprint density at radius 3 is 2.80 bits per heavy atom. The molecule has 1 aliphatic rings. The Morgan fingerprint density at radius 2 is 2.30 bits per heavy atom. The van der Waals surface area contributed by atoms with Crippen LogP contribution in [0.25, 0.3) is 0 Å². The molecule has 1 fully saturated rings. The third-order valence-electron chi connectivity index (χ3n) is 1.97. The lowest BCUT2D eigenvalue weighted by molar-refractivity contribution is 0.135. The van der Waals surface area contributed by atoms with Crippen molar-refractivity contribution < 1.29 is 4.74 Å². The summed E-state index contributed by atoms with van der Waals surface area (Å²) >= 11 is 0. The van der Waals surface area contributed by atoms with Crippen LogP contribution in [0.1, 0.15) is 19.8 Å². The molecule has 0 amide bonds. The summed E-state index contributed by atoms with van der Waals surface area (Å²) in [5.41, 5.74) is 0. The van der Waals surface area contributed by atoms with Gasteiger partial charge in [-0.05, 0) is 38.8 Å². The smallest absolute Gasteiger partial charge is 0.0466 e. The van der Waals surface area contributed by atoms with Crippen molar-refractivity contribution in [3.05, 3.63) is 0 Å². The van der Waals surface area contributed by atoms with Gasteiger partial charge in [-0.1, -0.05) is 0 Å². The molecule has 0 aromatic carbocycles. The van der Waals surface area contributed by atoms with Gasteiger partial charge in [0.2, 0.25) is 0 Å². The van der Waals surface area contributed by atoms with Crippen molar-refractivity contribution in [1.82, 2.24) is 5.32 Å². The van der Waals surface area contributed by atoms with Crippen molar-refractivity contribution in [2.75, 3.05) is 26.3 Å². The SMILES string of the molecule is CCOCCCC1CNC1. The summed E-state index contributed by atoms with van der Waals surface area (Å²) in [6, 6.07) is 0. The van der Waals surface area contributed by atoms with Gasteiger partial charge in [0.25, 0.3) is 0 Å². The van der Waals surface area contributed by atoms with Crippen LogP contribution in [0, 0.1) is 5.92 Å². The number of ether oxygens (including phenoxy) is 1. The van der Waals surface area contributed by atoms with E-state index in [0.29, 0.717) is 0 Å². The average Bonchev–Trinajstić information content (AvgIpc) is 1.84. The lowest BCUT2D eigenvalue weighted by Gasteiger charge is -2.26. The van der Waals surface area contributed by atoms with E-state index in [2.05, 4.69) is 5.32 Å². The van der Waals surface area contributed by atoms with E-state index in [-0.39, 0.29) is 0 Å². The molecule has 0 unspecified atom stereocenters. The third kappa shape index (κ3) is 2.67. The van der Waals surface area contributed by atoms with Gasteiger partial charge in [0.05, 0.1) is 0 Å². The summed E-state index contributed by atoms with van der Waals surface area (Å²) in [5.74, 6) is 0.945. The minimum absolute atomic E-state index is 0.864. The average molecular weight is 143 g/mol. The summed E-state index contributed by atoms with van der Waals surface area (Å²) in [6.07, 6.45) is 2.58.